The van der Waals surface area contributed by atoms with Crippen molar-refractivity contribution in [2.45, 2.75) is 25.8 Å². The number of nitrogens with one attached hydrogen (secondary N) is 2. The first-order chi connectivity index (χ1) is 10.1. The van der Waals surface area contributed by atoms with Gasteiger partial charge in [-0.3, -0.25) is 14.5 Å². The Morgan fingerprint density at radius 1 is 1.38 bits per heavy atom. The summed E-state index contributed by atoms with van der Waals surface area (Å²) in [5.74, 6) is -1.33. The molecule has 0 aliphatic carbocycles. The van der Waals surface area contributed by atoms with E-state index in [1.165, 1.54) is 12.1 Å². The Kier molecular flexibility index (Phi) is 5.16. The maximum atomic E-state index is 11.8. The van der Waals surface area contributed by atoms with E-state index in [0.717, 1.165) is 25.9 Å². The highest BCUT2D eigenvalue weighted by molar-refractivity contribution is 6.39. The molecule has 1 unspecified atom stereocenters. The number of benzene rings is 1. The van der Waals surface area contributed by atoms with Crippen molar-refractivity contribution in [1.29, 1.82) is 0 Å². The Hall–Kier alpha value is -2.08. The molecule has 21 heavy (non-hydrogen) atoms. The summed E-state index contributed by atoms with van der Waals surface area (Å²) in [6, 6.07) is 6.41. The summed E-state index contributed by atoms with van der Waals surface area (Å²) >= 11 is 0. The summed E-state index contributed by atoms with van der Waals surface area (Å²) in [6.07, 6.45) is 2.17. The molecule has 1 aromatic carbocycles. The van der Waals surface area contributed by atoms with Crippen LogP contribution in [0.2, 0.25) is 0 Å². The average molecular weight is 291 g/mol. The molecule has 0 aromatic heterocycles. The molecule has 0 spiro atoms. The molecule has 2 rings (SSSR count). The van der Waals surface area contributed by atoms with E-state index in [9.17, 15) is 14.7 Å². The van der Waals surface area contributed by atoms with Crippen LogP contribution < -0.4 is 10.6 Å². The minimum absolute atomic E-state index is 0.0396. The van der Waals surface area contributed by atoms with Gasteiger partial charge >= 0.3 is 11.8 Å². The van der Waals surface area contributed by atoms with Crippen LogP contribution in [0.15, 0.2) is 24.3 Å². The van der Waals surface area contributed by atoms with Crippen molar-refractivity contribution in [1.82, 2.24) is 10.2 Å². The number of likely N-dealkylation sites (N-methyl/N-ethyl adjacent to an activating group) is 1. The average Bonchev–Trinajstić information content (AvgIpc) is 2.92. The van der Waals surface area contributed by atoms with E-state index in [2.05, 4.69) is 22.5 Å². The van der Waals surface area contributed by atoms with Crippen LogP contribution in [0.3, 0.4) is 0 Å². The first-order valence-electron chi connectivity index (χ1n) is 7.22. The fourth-order valence-electron chi connectivity index (χ4n) is 2.60. The molecule has 1 aliphatic heterocycles. The van der Waals surface area contributed by atoms with Crippen LogP contribution in [0.25, 0.3) is 0 Å². The lowest BCUT2D eigenvalue weighted by Crippen LogP contribution is -2.43. The Balaban J connectivity index is 1.81. The van der Waals surface area contributed by atoms with Gasteiger partial charge in [0, 0.05) is 24.3 Å². The lowest BCUT2D eigenvalue weighted by molar-refractivity contribution is -0.136. The van der Waals surface area contributed by atoms with E-state index in [-0.39, 0.29) is 5.75 Å². The van der Waals surface area contributed by atoms with E-state index in [4.69, 9.17) is 0 Å². The zero-order valence-corrected chi connectivity index (χ0v) is 12.1. The second-order valence-electron chi connectivity index (χ2n) is 5.14. The number of likely N-dealkylation sites (tertiary alicyclic amines) is 1. The van der Waals surface area contributed by atoms with Crippen LogP contribution in [-0.4, -0.2) is 47.5 Å². The smallest absolute Gasteiger partial charge is 0.313 e. The summed E-state index contributed by atoms with van der Waals surface area (Å²) in [5, 5.41) is 14.4. The van der Waals surface area contributed by atoms with Gasteiger partial charge < -0.3 is 15.7 Å². The van der Waals surface area contributed by atoms with E-state index in [1.807, 2.05) is 0 Å². The largest absolute Gasteiger partial charge is 0.508 e. The Labute approximate surface area is 124 Å². The molecule has 1 aromatic rings. The highest BCUT2D eigenvalue weighted by Crippen LogP contribution is 2.16. The van der Waals surface area contributed by atoms with Crippen molar-refractivity contribution in [3.8, 4) is 5.75 Å². The van der Waals surface area contributed by atoms with Crippen molar-refractivity contribution >= 4 is 17.5 Å². The molecule has 1 atom stereocenters. The highest BCUT2D eigenvalue weighted by Gasteiger charge is 2.24. The summed E-state index contributed by atoms with van der Waals surface area (Å²) in [4.78, 5) is 25.8. The topological polar surface area (TPSA) is 81.7 Å². The van der Waals surface area contributed by atoms with Crippen LogP contribution in [0.4, 0.5) is 5.69 Å². The van der Waals surface area contributed by atoms with Gasteiger partial charge in [-0.25, -0.2) is 0 Å². The molecule has 1 fully saturated rings. The number of phenols is 1. The molecule has 114 valence electrons. The van der Waals surface area contributed by atoms with E-state index in [0.29, 0.717) is 18.3 Å². The number of phenolic OH excluding ortho intramolecular Hbond substituents is 1. The molecule has 6 heteroatoms. The van der Waals surface area contributed by atoms with Gasteiger partial charge in [-0.15, -0.1) is 0 Å². The number of hydrogen-bond acceptors (Lipinski definition) is 4. The molecule has 1 heterocycles. The second-order valence-corrected chi connectivity index (χ2v) is 5.14. The minimum atomic E-state index is -0.721. The molecule has 3 N–H and O–H groups in total. The standard InChI is InChI=1S/C15H21N3O3/c1-2-18-8-4-6-12(18)10-16-14(20)15(21)17-11-5-3-7-13(19)9-11/h3,5,7,9,12,19H,2,4,6,8,10H2,1H3,(H,16,20)(H,17,21). The van der Waals surface area contributed by atoms with Gasteiger partial charge in [0.2, 0.25) is 0 Å². The van der Waals surface area contributed by atoms with Crippen molar-refractivity contribution < 1.29 is 14.7 Å². The lowest BCUT2D eigenvalue weighted by atomic mass is 10.2. The SMILES string of the molecule is CCN1CCCC1CNC(=O)C(=O)Nc1cccc(O)c1. The van der Waals surface area contributed by atoms with Crippen molar-refractivity contribution in [3.63, 3.8) is 0 Å². The summed E-state index contributed by atoms with van der Waals surface area (Å²) in [6.45, 7) is 4.58. The van der Waals surface area contributed by atoms with E-state index >= 15 is 0 Å². The quantitative estimate of drug-likeness (QED) is 0.721. The van der Waals surface area contributed by atoms with Crippen LogP contribution >= 0.6 is 0 Å². The summed E-state index contributed by atoms with van der Waals surface area (Å²) < 4.78 is 0. The Morgan fingerprint density at radius 3 is 2.90 bits per heavy atom. The Morgan fingerprint density at radius 2 is 2.19 bits per heavy atom. The summed E-state index contributed by atoms with van der Waals surface area (Å²) in [7, 11) is 0. The number of carbonyl (C=O) groups is 2. The third-order valence-corrected chi connectivity index (χ3v) is 3.71. The Bertz CT molecular complexity index is 519. The fraction of sp³-hybridized carbons (Fsp3) is 0.467. The maximum Gasteiger partial charge on any atom is 0.313 e. The molecule has 1 aliphatic rings. The second kappa shape index (κ2) is 7.08. The molecule has 2 amide bonds. The first-order valence-corrected chi connectivity index (χ1v) is 7.22. The summed E-state index contributed by atoms with van der Waals surface area (Å²) in [5.41, 5.74) is 0.395. The third-order valence-electron chi connectivity index (χ3n) is 3.71. The van der Waals surface area contributed by atoms with E-state index < -0.39 is 11.8 Å². The lowest BCUT2D eigenvalue weighted by Gasteiger charge is -2.22. The number of nitrogens with zero attached hydrogens (tertiary/aromatic N) is 1. The predicted octanol–water partition coefficient (Wildman–Crippen LogP) is 0.931. The molecule has 6 nitrogen and oxygen atoms in total. The molecule has 1 saturated heterocycles. The normalized spacial score (nSPS) is 18.4. The highest BCUT2D eigenvalue weighted by atomic mass is 16.3. The van der Waals surface area contributed by atoms with Gasteiger partial charge in [0.1, 0.15) is 5.75 Å². The van der Waals surface area contributed by atoms with Crippen molar-refractivity contribution in [2.24, 2.45) is 0 Å². The third kappa shape index (κ3) is 4.19. The van der Waals surface area contributed by atoms with Gasteiger partial charge in [0.15, 0.2) is 0 Å². The number of carbonyl (C=O) groups excluding carboxylic acids is 2. The number of rotatable bonds is 4. The number of aromatic hydroxyl groups is 1. The van der Waals surface area contributed by atoms with Gasteiger partial charge in [0.25, 0.3) is 0 Å². The molecular weight excluding hydrogens is 270 g/mol. The number of amides is 2. The van der Waals surface area contributed by atoms with Crippen LogP contribution in [-0.2, 0) is 9.59 Å². The van der Waals surface area contributed by atoms with Gasteiger partial charge in [-0.1, -0.05) is 13.0 Å². The molecular formula is C15H21N3O3. The van der Waals surface area contributed by atoms with Crippen LogP contribution in [0.5, 0.6) is 5.75 Å². The van der Waals surface area contributed by atoms with Crippen LogP contribution in [0, 0.1) is 0 Å². The predicted molar refractivity (Wildman–Crippen MR) is 80.0 cm³/mol. The van der Waals surface area contributed by atoms with Crippen LogP contribution in [0.1, 0.15) is 19.8 Å². The monoisotopic (exact) mass is 291 g/mol. The van der Waals surface area contributed by atoms with Gasteiger partial charge in [-0.05, 0) is 38.1 Å². The van der Waals surface area contributed by atoms with Gasteiger partial charge in [0.05, 0.1) is 0 Å². The first kappa shape index (κ1) is 15.3. The zero-order valence-electron chi connectivity index (χ0n) is 12.1. The van der Waals surface area contributed by atoms with Gasteiger partial charge in [-0.2, -0.15) is 0 Å². The minimum Gasteiger partial charge on any atom is -0.508 e. The van der Waals surface area contributed by atoms with Crippen molar-refractivity contribution in [3.05, 3.63) is 24.3 Å². The van der Waals surface area contributed by atoms with Crippen molar-refractivity contribution in [2.75, 3.05) is 25.0 Å². The number of anilines is 1. The molecule has 0 radical (unpaired) electrons. The maximum absolute atomic E-state index is 11.8. The molecule has 0 bridgehead atoms. The fourth-order valence-corrected chi connectivity index (χ4v) is 2.60. The van der Waals surface area contributed by atoms with E-state index in [1.54, 1.807) is 12.1 Å². The number of hydrogen-bond donors (Lipinski definition) is 3. The zero-order chi connectivity index (χ0) is 15.2. The molecule has 0 saturated carbocycles.